The van der Waals surface area contributed by atoms with Crippen LogP contribution in [-0.2, 0) is 18.4 Å². The molecule has 0 saturated heterocycles. The van der Waals surface area contributed by atoms with Gasteiger partial charge in [-0.25, -0.2) is 0 Å². The number of hydrogen-bond donors (Lipinski definition) is 2. The summed E-state index contributed by atoms with van der Waals surface area (Å²) in [6.45, 7) is 3.14. The summed E-state index contributed by atoms with van der Waals surface area (Å²) in [5, 5.41) is 0. The molecule has 0 aromatic heterocycles. The molecule has 4 nitrogen and oxygen atoms in total. The summed E-state index contributed by atoms with van der Waals surface area (Å²) in [5.74, 6) is -0.997. The molecule has 0 aliphatic rings. The minimum absolute atomic E-state index is 0.997. The Labute approximate surface area is 64.5 Å². The molecule has 0 aromatic rings. The first-order chi connectivity index (χ1) is 4.12. The molecule has 0 amide bonds. The minimum atomic E-state index is -0.997. The number of rotatable bonds is 4. The third-order valence-corrected chi connectivity index (χ3v) is 0.625. The summed E-state index contributed by atoms with van der Waals surface area (Å²) in [6.07, 6.45) is 0. The van der Waals surface area contributed by atoms with Crippen LogP contribution in [0.2, 0.25) is 0 Å². The second-order valence-corrected chi connectivity index (χ2v) is 2.01. The van der Waals surface area contributed by atoms with Gasteiger partial charge in [-0.05, 0) is 13.8 Å². The molecule has 0 aromatic carbocycles. The first-order valence-electron chi connectivity index (χ1n) is 2.11. The van der Waals surface area contributed by atoms with Crippen molar-refractivity contribution in [3.63, 3.8) is 0 Å². The maximum atomic E-state index is 4.44. The van der Waals surface area contributed by atoms with Crippen LogP contribution in [0.25, 0.3) is 0 Å². The molecular formula is C3H8O4S2. The van der Waals surface area contributed by atoms with Crippen LogP contribution in [0.15, 0.2) is 0 Å². The molecule has 0 heterocycles. The van der Waals surface area contributed by atoms with Gasteiger partial charge in [0.15, 0.2) is 0 Å². The fraction of sp³-hybridized carbons (Fsp3) is 1.00. The Bertz CT molecular complexity index is 68.2. The third-order valence-electron chi connectivity index (χ3n) is 0.476. The topological polar surface area (TPSA) is 36.9 Å². The molecule has 56 valence electrons. The van der Waals surface area contributed by atoms with Crippen molar-refractivity contribution in [2.24, 2.45) is 0 Å². The zero-order valence-corrected chi connectivity index (χ0v) is 6.82. The fourth-order valence-corrected chi connectivity index (χ4v) is 0.552. The SMILES string of the molecule is CC(C)(OOS)OOS. The van der Waals surface area contributed by atoms with E-state index in [1.54, 1.807) is 13.8 Å². The van der Waals surface area contributed by atoms with E-state index in [1.165, 1.54) is 0 Å². The molecule has 0 saturated carbocycles. The summed E-state index contributed by atoms with van der Waals surface area (Å²) in [7, 11) is 0. The van der Waals surface area contributed by atoms with Gasteiger partial charge < -0.3 is 0 Å². The van der Waals surface area contributed by atoms with Crippen LogP contribution in [0, 0.1) is 0 Å². The normalized spacial score (nSPS) is 12.0. The van der Waals surface area contributed by atoms with Gasteiger partial charge in [-0.15, -0.1) is 0 Å². The molecule has 9 heavy (non-hydrogen) atoms. The number of thiol groups is 2. The lowest BCUT2D eigenvalue weighted by molar-refractivity contribution is -0.435. The van der Waals surface area contributed by atoms with Crippen molar-refractivity contribution >= 4 is 25.8 Å². The Balaban J connectivity index is 3.43. The Morgan fingerprint density at radius 1 is 1.00 bits per heavy atom. The van der Waals surface area contributed by atoms with Crippen molar-refractivity contribution in [1.82, 2.24) is 0 Å². The van der Waals surface area contributed by atoms with Gasteiger partial charge in [-0.1, -0.05) is 0 Å². The van der Waals surface area contributed by atoms with Crippen molar-refractivity contribution in [3.05, 3.63) is 0 Å². The summed E-state index contributed by atoms with van der Waals surface area (Å²) in [4.78, 5) is 8.88. The molecule has 0 N–H and O–H groups in total. The van der Waals surface area contributed by atoms with E-state index in [4.69, 9.17) is 0 Å². The Hall–Kier alpha value is 0.540. The van der Waals surface area contributed by atoms with Gasteiger partial charge in [-0.2, -0.15) is 18.4 Å². The van der Waals surface area contributed by atoms with Crippen molar-refractivity contribution < 1.29 is 18.4 Å². The van der Waals surface area contributed by atoms with Gasteiger partial charge in [0.1, 0.15) is 0 Å². The van der Waals surface area contributed by atoms with Gasteiger partial charge in [0.2, 0.25) is 5.79 Å². The highest BCUT2D eigenvalue weighted by atomic mass is 32.1. The third kappa shape index (κ3) is 5.01. The molecule has 0 unspecified atom stereocenters. The van der Waals surface area contributed by atoms with E-state index < -0.39 is 5.79 Å². The lowest BCUT2D eigenvalue weighted by Crippen LogP contribution is -2.25. The standard InChI is InChI=1S/C3H8O4S2/c1-3(2,4-6-8)5-7-9/h8-9H,1-2H3. The van der Waals surface area contributed by atoms with E-state index in [0.29, 0.717) is 0 Å². The Kier molecular flexibility index (Phi) is 4.63. The summed E-state index contributed by atoms with van der Waals surface area (Å²) in [5.41, 5.74) is 0. The molecule has 0 atom stereocenters. The average Bonchev–Trinajstić information content (AvgIpc) is 1.64. The lowest BCUT2D eigenvalue weighted by atomic mass is 10.4. The van der Waals surface area contributed by atoms with E-state index >= 15 is 0 Å². The summed E-state index contributed by atoms with van der Waals surface area (Å²) in [6, 6.07) is 0. The average molecular weight is 172 g/mol. The van der Waals surface area contributed by atoms with Crippen molar-refractivity contribution in [1.29, 1.82) is 0 Å². The largest absolute Gasteiger partial charge is 0.230 e. The predicted molar refractivity (Wildman–Crippen MR) is 36.4 cm³/mol. The van der Waals surface area contributed by atoms with Gasteiger partial charge >= 0.3 is 0 Å². The highest BCUT2D eigenvalue weighted by Gasteiger charge is 2.21. The highest BCUT2D eigenvalue weighted by molar-refractivity contribution is 7.75. The smallest absolute Gasteiger partial charge is 0.186 e. The van der Waals surface area contributed by atoms with Gasteiger partial charge in [0.05, 0.1) is 0 Å². The highest BCUT2D eigenvalue weighted by Crippen LogP contribution is 2.12. The van der Waals surface area contributed by atoms with Crippen LogP contribution >= 0.6 is 25.8 Å². The van der Waals surface area contributed by atoms with Gasteiger partial charge in [0.25, 0.3) is 0 Å². The van der Waals surface area contributed by atoms with Crippen molar-refractivity contribution in [2.75, 3.05) is 0 Å². The summed E-state index contributed by atoms with van der Waals surface area (Å²) < 4.78 is 8.03. The number of hydrogen-bond acceptors (Lipinski definition) is 6. The van der Waals surface area contributed by atoms with Crippen LogP contribution in [0.4, 0.5) is 0 Å². The maximum Gasteiger partial charge on any atom is 0.230 e. The van der Waals surface area contributed by atoms with Crippen LogP contribution < -0.4 is 0 Å². The second-order valence-electron chi connectivity index (χ2n) is 1.72. The molecule has 0 rings (SSSR count). The van der Waals surface area contributed by atoms with E-state index in [0.717, 1.165) is 0 Å². The summed E-state index contributed by atoms with van der Waals surface area (Å²) >= 11 is 6.65. The van der Waals surface area contributed by atoms with E-state index in [-0.39, 0.29) is 0 Å². The molecule has 0 aliphatic carbocycles. The predicted octanol–water partition coefficient (Wildman–Crippen LogP) is 1.31. The van der Waals surface area contributed by atoms with Crippen LogP contribution in [0.5, 0.6) is 0 Å². The molecular weight excluding hydrogens is 164 g/mol. The molecule has 0 fully saturated rings. The van der Waals surface area contributed by atoms with E-state index in [1.807, 2.05) is 0 Å². The second kappa shape index (κ2) is 4.37. The van der Waals surface area contributed by atoms with Crippen molar-refractivity contribution in [2.45, 2.75) is 19.6 Å². The molecule has 0 aliphatic heterocycles. The molecule has 6 heteroatoms. The van der Waals surface area contributed by atoms with Crippen LogP contribution in [0.1, 0.15) is 13.8 Å². The first kappa shape index (κ1) is 9.54. The van der Waals surface area contributed by atoms with Gasteiger partial charge in [-0.3, -0.25) is 0 Å². The molecule has 0 radical (unpaired) electrons. The minimum Gasteiger partial charge on any atom is -0.186 e. The fourth-order valence-electron chi connectivity index (χ4n) is 0.193. The van der Waals surface area contributed by atoms with Crippen molar-refractivity contribution in [3.8, 4) is 0 Å². The molecule has 0 bridgehead atoms. The van der Waals surface area contributed by atoms with Crippen LogP contribution in [0.3, 0.4) is 0 Å². The Morgan fingerprint density at radius 2 is 1.33 bits per heavy atom. The monoisotopic (exact) mass is 172 g/mol. The molecule has 0 spiro atoms. The quantitative estimate of drug-likeness (QED) is 0.220. The van der Waals surface area contributed by atoms with E-state index in [2.05, 4.69) is 44.3 Å². The Morgan fingerprint density at radius 3 is 1.56 bits per heavy atom. The zero-order chi connectivity index (χ0) is 7.33. The zero-order valence-electron chi connectivity index (χ0n) is 5.03. The van der Waals surface area contributed by atoms with Gasteiger partial charge in [0, 0.05) is 25.8 Å². The first-order valence-corrected chi connectivity index (χ1v) is 2.84. The van der Waals surface area contributed by atoms with E-state index in [9.17, 15) is 0 Å². The maximum absolute atomic E-state index is 4.44. The van der Waals surface area contributed by atoms with Crippen LogP contribution in [-0.4, -0.2) is 5.79 Å². The lowest BCUT2D eigenvalue weighted by Gasteiger charge is -2.17.